The number of hydrogen-bond donors (Lipinski definition) is 1. The maximum Gasteiger partial charge on any atom is 0.337 e. The molecule has 122 valence electrons. The third-order valence-electron chi connectivity index (χ3n) is 3.58. The normalized spacial score (nSPS) is 12.0. The molecule has 1 atom stereocenters. The summed E-state index contributed by atoms with van der Waals surface area (Å²) in [6.07, 6.45) is 0. The number of nitrogens with zero attached hydrogens (tertiary/aromatic N) is 1. The van der Waals surface area contributed by atoms with Crippen LogP contribution in [0, 0.1) is 0 Å². The third kappa shape index (κ3) is 4.40. The lowest BCUT2D eigenvalue weighted by atomic mass is 10.1. The lowest BCUT2D eigenvalue weighted by molar-refractivity contribution is 0.0600. The van der Waals surface area contributed by atoms with Crippen molar-refractivity contribution in [2.45, 2.75) is 6.04 Å². The van der Waals surface area contributed by atoms with E-state index in [1.165, 1.54) is 12.7 Å². The summed E-state index contributed by atoms with van der Waals surface area (Å²) in [5.41, 5.74) is 2.12. The first-order valence-electron chi connectivity index (χ1n) is 7.18. The van der Waals surface area contributed by atoms with Gasteiger partial charge in [0.2, 0.25) is 0 Å². The Kier molecular flexibility index (Phi) is 5.90. The smallest absolute Gasteiger partial charge is 0.337 e. The zero-order valence-corrected chi connectivity index (χ0v) is 14.2. The highest BCUT2D eigenvalue weighted by Crippen LogP contribution is 2.20. The molecule has 1 heterocycles. The molecule has 0 aliphatic rings. The van der Waals surface area contributed by atoms with E-state index in [1.54, 1.807) is 35.6 Å². The van der Waals surface area contributed by atoms with Gasteiger partial charge in [-0.15, -0.1) is 0 Å². The molecule has 1 aromatic carbocycles. The largest absolute Gasteiger partial charge is 0.465 e. The molecule has 0 aliphatic heterocycles. The van der Waals surface area contributed by atoms with Gasteiger partial charge in [-0.25, -0.2) is 4.79 Å². The number of nitrogens with one attached hydrogen (secondary N) is 1. The predicted molar refractivity (Wildman–Crippen MR) is 90.9 cm³/mol. The first-order chi connectivity index (χ1) is 11.0. The molecule has 0 unspecified atom stereocenters. The maximum atomic E-state index is 12.2. The topological polar surface area (TPSA) is 58.6 Å². The molecular weight excluding hydrogens is 312 g/mol. The Balaban J connectivity index is 1.99. The van der Waals surface area contributed by atoms with E-state index >= 15 is 0 Å². The van der Waals surface area contributed by atoms with Crippen LogP contribution in [0.4, 0.5) is 0 Å². The Bertz CT molecular complexity index is 651. The summed E-state index contributed by atoms with van der Waals surface area (Å²) < 4.78 is 4.64. The van der Waals surface area contributed by atoms with Gasteiger partial charge in [-0.3, -0.25) is 4.79 Å². The summed E-state index contributed by atoms with van der Waals surface area (Å²) >= 11 is 1.64. The molecule has 6 heteroatoms. The van der Waals surface area contributed by atoms with Crippen LogP contribution in [0.3, 0.4) is 0 Å². The summed E-state index contributed by atoms with van der Waals surface area (Å²) in [4.78, 5) is 25.7. The van der Waals surface area contributed by atoms with E-state index in [0.717, 1.165) is 0 Å². The van der Waals surface area contributed by atoms with Gasteiger partial charge < -0.3 is 15.0 Å². The van der Waals surface area contributed by atoms with Gasteiger partial charge in [0.1, 0.15) is 0 Å². The fourth-order valence-electron chi connectivity index (χ4n) is 2.23. The van der Waals surface area contributed by atoms with Crippen LogP contribution in [0.15, 0.2) is 41.1 Å². The number of likely N-dealkylation sites (N-methyl/N-ethyl adjacent to an activating group) is 1. The molecule has 0 saturated heterocycles. The van der Waals surface area contributed by atoms with Crippen molar-refractivity contribution < 1.29 is 14.3 Å². The molecule has 0 saturated carbocycles. The van der Waals surface area contributed by atoms with Crippen molar-refractivity contribution in [2.75, 3.05) is 27.7 Å². The first kappa shape index (κ1) is 17.2. The number of methoxy groups -OCH3 is 1. The number of amides is 1. The van der Waals surface area contributed by atoms with Crippen LogP contribution in [-0.2, 0) is 4.74 Å². The van der Waals surface area contributed by atoms with Gasteiger partial charge in [0, 0.05) is 12.1 Å². The number of hydrogen-bond acceptors (Lipinski definition) is 5. The molecule has 1 amide bonds. The molecule has 2 rings (SSSR count). The van der Waals surface area contributed by atoms with Crippen LogP contribution in [0.1, 0.15) is 32.3 Å². The second-order valence-corrected chi connectivity index (χ2v) is 6.10. The number of esters is 1. The monoisotopic (exact) mass is 332 g/mol. The molecule has 0 aliphatic carbocycles. The SMILES string of the molecule is COC(=O)c1ccc(C(=O)NC[C@@H](c2ccsc2)N(C)C)cc1. The summed E-state index contributed by atoms with van der Waals surface area (Å²) in [5.74, 6) is -0.578. The van der Waals surface area contributed by atoms with Crippen molar-refractivity contribution in [3.05, 3.63) is 57.8 Å². The van der Waals surface area contributed by atoms with Gasteiger partial charge in [-0.05, 0) is 60.8 Å². The minimum Gasteiger partial charge on any atom is -0.465 e. The van der Waals surface area contributed by atoms with Gasteiger partial charge in [-0.1, -0.05) is 0 Å². The van der Waals surface area contributed by atoms with E-state index in [1.807, 2.05) is 19.5 Å². The zero-order valence-electron chi connectivity index (χ0n) is 13.4. The fraction of sp³-hybridized carbons (Fsp3) is 0.294. The predicted octanol–water partition coefficient (Wildman–Crippen LogP) is 2.57. The highest BCUT2D eigenvalue weighted by Gasteiger charge is 2.16. The first-order valence-corrected chi connectivity index (χ1v) is 8.12. The standard InChI is InChI=1S/C17H20N2O3S/c1-19(2)15(14-8-9-23-11-14)10-18-16(20)12-4-6-13(7-5-12)17(21)22-3/h4-9,11,15H,10H2,1-3H3,(H,18,20)/t15-/m0/s1. The van der Waals surface area contributed by atoms with Crippen molar-refractivity contribution in [3.8, 4) is 0 Å². The molecule has 0 radical (unpaired) electrons. The molecule has 5 nitrogen and oxygen atoms in total. The number of rotatable bonds is 6. The summed E-state index contributed by atoms with van der Waals surface area (Å²) in [6, 6.07) is 8.60. The minimum atomic E-state index is -0.415. The van der Waals surface area contributed by atoms with Crippen molar-refractivity contribution >= 4 is 23.2 Å². The van der Waals surface area contributed by atoms with Crippen LogP contribution in [0.25, 0.3) is 0 Å². The Hall–Kier alpha value is -2.18. The van der Waals surface area contributed by atoms with E-state index in [-0.39, 0.29) is 11.9 Å². The quantitative estimate of drug-likeness (QED) is 0.826. The average molecular weight is 332 g/mol. The molecule has 1 aromatic heterocycles. The van der Waals surface area contributed by atoms with E-state index in [0.29, 0.717) is 17.7 Å². The van der Waals surface area contributed by atoms with Crippen molar-refractivity contribution in [1.82, 2.24) is 10.2 Å². The van der Waals surface area contributed by atoms with Crippen LogP contribution < -0.4 is 5.32 Å². The van der Waals surface area contributed by atoms with Crippen molar-refractivity contribution in [1.29, 1.82) is 0 Å². The van der Waals surface area contributed by atoms with Crippen LogP contribution in [0.5, 0.6) is 0 Å². The molecule has 0 fully saturated rings. The van der Waals surface area contributed by atoms with Gasteiger partial charge in [-0.2, -0.15) is 11.3 Å². The second kappa shape index (κ2) is 7.89. The van der Waals surface area contributed by atoms with E-state index in [4.69, 9.17) is 0 Å². The summed E-state index contributed by atoms with van der Waals surface area (Å²) in [6.45, 7) is 0.515. The van der Waals surface area contributed by atoms with E-state index in [9.17, 15) is 9.59 Å². The van der Waals surface area contributed by atoms with Gasteiger partial charge in [0.05, 0.1) is 18.7 Å². The molecule has 2 aromatic rings. The molecule has 0 bridgehead atoms. The number of ether oxygens (including phenoxy) is 1. The van der Waals surface area contributed by atoms with Gasteiger partial charge in [0.15, 0.2) is 0 Å². The van der Waals surface area contributed by atoms with Gasteiger partial charge in [0.25, 0.3) is 5.91 Å². The Morgan fingerprint density at radius 2 is 1.83 bits per heavy atom. The molecule has 0 spiro atoms. The third-order valence-corrected chi connectivity index (χ3v) is 4.28. The highest BCUT2D eigenvalue weighted by atomic mass is 32.1. The number of benzene rings is 1. The van der Waals surface area contributed by atoms with Gasteiger partial charge >= 0.3 is 5.97 Å². The lowest BCUT2D eigenvalue weighted by Gasteiger charge is -2.24. The van der Waals surface area contributed by atoms with Crippen LogP contribution in [-0.4, -0.2) is 44.5 Å². The zero-order chi connectivity index (χ0) is 16.8. The Morgan fingerprint density at radius 1 is 1.17 bits per heavy atom. The van der Waals surface area contributed by atoms with Crippen LogP contribution in [0.2, 0.25) is 0 Å². The minimum absolute atomic E-state index is 0.125. The fourth-order valence-corrected chi connectivity index (χ4v) is 2.94. The second-order valence-electron chi connectivity index (χ2n) is 5.32. The maximum absolute atomic E-state index is 12.2. The Labute approximate surface area is 139 Å². The summed E-state index contributed by atoms with van der Waals surface area (Å²) in [5, 5.41) is 7.05. The van der Waals surface area contributed by atoms with E-state index in [2.05, 4.69) is 26.4 Å². The van der Waals surface area contributed by atoms with Crippen molar-refractivity contribution in [2.24, 2.45) is 0 Å². The highest BCUT2D eigenvalue weighted by molar-refractivity contribution is 7.07. The van der Waals surface area contributed by atoms with Crippen LogP contribution >= 0.6 is 11.3 Å². The van der Waals surface area contributed by atoms with Crippen molar-refractivity contribution in [3.63, 3.8) is 0 Å². The number of carbonyl (C=O) groups is 2. The number of carbonyl (C=O) groups excluding carboxylic acids is 2. The Morgan fingerprint density at radius 3 is 2.35 bits per heavy atom. The molecular formula is C17H20N2O3S. The number of thiophene rings is 1. The summed E-state index contributed by atoms with van der Waals surface area (Å²) in [7, 11) is 5.30. The average Bonchev–Trinajstić information content (AvgIpc) is 3.08. The van der Waals surface area contributed by atoms with E-state index < -0.39 is 5.97 Å². The molecule has 1 N–H and O–H groups in total. The lowest BCUT2D eigenvalue weighted by Crippen LogP contribution is -2.34. The molecule has 23 heavy (non-hydrogen) atoms.